The monoisotopic (exact) mass is 239 g/mol. The van der Waals surface area contributed by atoms with E-state index in [-0.39, 0.29) is 17.4 Å². The Balaban J connectivity index is 2.89. The van der Waals surface area contributed by atoms with Crippen LogP contribution >= 0.6 is 0 Å². The molecule has 0 radical (unpaired) electrons. The Morgan fingerprint density at radius 2 is 2.12 bits per heavy atom. The predicted molar refractivity (Wildman–Crippen MR) is 65.6 cm³/mol. The molecule has 0 saturated heterocycles. The molecule has 0 aliphatic heterocycles. The summed E-state index contributed by atoms with van der Waals surface area (Å²) in [4.78, 5) is 15.6. The molecule has 1 amide bonds. The Morgan fingerprint density at radius 1 is 1.47 bits per heavy atom. The molecule has 0 bridgehead atoms. The van der Waals surface area contributed by atoms with E-state index in [1.54, 1.807) is 7.05 Å². The van der Waals surface area contributed by atoms with Crippen molar-refractivity contribution in [1.29, 1.82) is 0 Å². The normalized spacial score (nSPS) is 10.4. The van der Waals surface area contributed by atoms with Crippen molar-refractivity contribution < 1.29 is 9.18 Å². The van der Waals surface area contributed by atoms with Crippen LogP contribution in [0, 0.1) is 5.82 Å². The molecular formula is C12H18FN3O. The van der Waals surface area contributed by atoms with E-state index in [0.29, 0.717) is 0 Å². The molecule has 0 aliphatic rings. The number of halogens is 1. The summed E-state index contributed by atoms with van der Waals surface area (Å²) in [5.41, 5.74) is 0.0243. The Hall–Kier alpha value is -1.65. The molecule has 2 N–H and O–H groups in total. The van der Waals surface area contributed by atoms with E-state index < -0.39 is 11.7 Å². The van der Waals surface area contributed by atoms with Gasteiger partial charge in [-0.3, -0.25) is 4.79 Å². The molecule has 17 heavy (non-hydrogen) atoms. The molecule has 1 aromatic rings. The zero-order valence-electron chi connectivity index (χ0n) is 10.4. The van der Waals surface area contributed by atoms with Crippen molar-refractivity contribution in [2.45, 2.75) is 32.7 Å². The minimum atomic E-state index is -0.613. The summed E-state index contributed by atoms with van der Waals surface area (Å²) in [6.07, 6.45) is 3.07. The highest BCUT2D eigenvalue weighted by atomic mass is 19.1. The number of nitrogens with zero attached hydrogens (tertiary/aromatic N) is 1. The SMILES string of the molecule is CCC(CC)NC(=O)c1ccnc(NC)c1F. The van der Waals surface area contributed by atoms with Crippen molar-refractivity contribution in [2.24, 2.45) is 0 Å². The summed E-state index contributed by atoms with van der Waals surface area (Å²) in [5, 5.41) is 5.40. The van der Waals surface area contributed by atoms with E-state index in [1.807, 2.05) is 13.8 Å². The van der Waals surface area contributed by atoms with Gasteiger partial charge in [0.15, 0.2) is 11.6 Å². The van der Waals surface area contributed by atoms with Gasteiger partial charge in [-0.05, 0) is 18.9 Å². The van der Waals surface area contributed by atoms with E-state index in [0.717, 1.165) is 12.8 Å². The van der Waals surface area contributed by atoms with Gasteiger partial charge in [0.05, 0.1) is 5.56 Å². The highest BCUT2D eigenvalue weighted by molar-refractivity contribution is 5.95. The average molecular weight is 239 g/mol. The topological polar surface area (TPSA) is 54.0 Å². The second-order valence-electron chi connectivity index (χ2n) is 3.76. The first-order valence-electron chi connectivity index (χ1n) is 5.77. The molecule has 4 nitrogen and oxygen atoms in total. The zero-order valence-corrected chi connectivity index (χ0v) is 10.4. The maximum absolute atomic E-state index is 13.8. The lowest BCUT2D eigenvalue weighted by molar-refractivity contribution is 0.0930. The van der Waals surface area contributed by atoms with Crippen molar-refractivity contribution in [3.8, 4) is 0 Å². The van der Waals surface area contributed by atoms with Gasteiger partial charge >= 0.3 is 0 Å². The lowest BCUT2D eigenvalue weighted by Gasteiger charge is -2.15. The Bertz CT molecular complexity index is 391. The van der Waals surface area contributed by atoms with Gasteiger partial charge < -0.3 is 10.6 Å². The van der Waals surface area contributed by atoms with Crippen LogP contribution in [0.2, 0.25) is 0 Å². The number of carbonyl (C=O) groups excluding carboxylic acids is 1. The zero-order chi connectivity index (χ0) is 12.8. The number of carbonyl (C=O) groups is 1. The minimum Gasteiger partial charge on any atom is -0.371 e. The molecule has 0 aromatic carbocycles. The van der Waals surface area contributed by atoms with Crippen LogP contribution in [0.15, 0.2) is 12.3 Å². The summed E-state index contributed by atoms with van der Waals surface area (Å²) in [6.45, 7) is 3.97. The fourth-order valence-electron chi connectivity index (χ4n) is 1.55. The molecule has 0 spiro atoms. The summed E-state index contributed by atoms with van der Waals surface area (Å²) >= 11 is 0. The highest BCUT2D eigenvalue weighted by Gasteiger charge is 2.17. The lowest BCUT2D eigenvalue weighted by Crippen LogP contribution is -2.34. The number of pyridine rings is 1. The Labute approximate surface area is 101 Å². The molecule has 1 heterocycles. The van der Waals surface area contributed by atoms with Crippen LogP contribution in [0.5, 0.6) is 0 Å². The van der Waals surface area contributed by atoms with E-state index in [1.165, 1.54) is 12.3 Å². The van der Waals surface area contributed by atoms with Crippen LogP contribution in [0.4, 0.5) is 10.2 Å². The molecule has 1 rings (SSSR count). The third-order valence-corrected chi connectivity index (χ3v) is 2.69. The molecule has 1 aromatic heterocycles. The van der Waals surface area contributed by atoms with Crippen molar-refractivity contribution in [1.82, 2.24) is 10.3 Å². The van der Waals surface area contributed by atoms with Crippen LogP contribution in [0.25, 0.3) is 0 Å². The second kappa shape index (κ2) is 6.18. The van der Waals surface area contributed by atoms with Crippen LogP contribution in [-0.2, 0) is 0 Å². The number of amides is 1. The largest absolute Gasteiger partial charge is 0.371 e. The smallest absolute Gasteiger partial charge is 0.254 e. The van der Waals surface area contributed by atoms with Gasteiger partial charge in [0.1, 0.15) is 0 Å². The average Bonchev–Trinajstić information content (AvgIpc) is 2.35. The van der Waals surface area contributed by atoms with E-state index in [9.17, 15) is 9.18 Å². The molecule has 0 fully saturated rings. The molecule has 0 atom stereocenters. The number of hydrogen-bond donors (Lipinski definition) is 2. The van der Waals surface area contributed by atoms with Crippen molar-refractivity contribution in [3.05, 3.63) is 23.6 Å². The number of hydrogen-bond acceptors (Lipinski definition) is 3. The predicted octanol–water partition coefficient (Wildman–Crippen LogP) is 2.18. The maximum atomic E-state index is 13.8. The quantitative estimate of drug-likeness (QED) is 0.828. The van der Waals surface area contributed by atoms with E-state index in [2.05, 4.69) is 15.6 Å². The summed E-state index contributed by atoms with van der Waals surface area (Å²) in [5.74, 6) is -0.921. The molecule has 0 saturated carbocycles. The van der Waals surface area contributed by atoms with Crippen molar-refractivity contribution in [3.63, 3.8) is 0 Å². The van der Waals surface area contributed by atoms with E-state index >= 15 is 0 Å². The van der Waals surface area contributed by atoms with Crippen molar-refractivity contribution in [2.75, 3.05) is 12.4 Å². The number of anilines is 1. The molecule has 0 aliphatic carbocycles. The maximum Gasteiger partial charge on any atom is 0.254 e. The van der Waals surface area contributed by atoms with Crippen LogP contribution in [-0.4, -0.2) is 24.0 Å². The fraction of sp³-hybridized carbons (Fsp3) is 0.500. The van der Waals surface area contributed by atoms with Gasteiger partial charge in [-0.2, -0.15) is 0 Å². The van der Waals surface area contributed by atoms with Gasteiger partial charge in [0.2, 0.25) is 0 Å². The van der Waals surface area contributed by atoms with Gasteiger partial charge in [-0.15, -0.1) is 0 Å². The molecule has 0 unspecified atom stereocenters. The summed E-state index contributed by atoms with van der Waals surface area (Å²) < 4.78 is 13.8. The number of aromatic nitrogens is 1. The lowest BCUT2D eigenvalue weighted by atomic mass is 10.1. The summed E-state index contributed by atoms with van der Waals surface area (Å²) in [6, 6.07) is 1.46. The summed E-state index contributed by atoms with van der Waals surface area (Å²) in [7, 11) is 1.56. The molecular weight excluding hydrogens is 221 g/mol. The van der Waals surface area contributed by atoms with Gasteiger partial charge in [0.25, 0.3) is 5.91 Å². The van der Waals surface area contributed by atoms with Gasteiger partial charge in [0, 0.05) is 19.3 Å². The Morgan fingerprint density at radius 3 is 2.65 bits per heavy atom. The third kappa shape index (κ3) is 3.15. The number of rotatable bonds is 5. The van der Waals surface area contributed by atoms with Crippen LogP contribution < -0.4 is 10.6 Å². The first-order chi connectivity index (χ1) is 8.13. The standard InChI is InChI=1S/C12H18FN3O/c1-4-8(5-2)16-12(17)9-6-7-15-11(14-3)10(9)13/h6-8H,4-5H2,1-3H3,(H,14,15)(H,16,17). The Kier molecular flexibility index (Phi) is 4.87. The first kappa shape index (κ1) is 13.4. The fourth-order valence-corrected chi connectivity index (χ4v) is 1.55. The molecule has 94 valence electrons. The van der Waals surface area contributed by atoms with Crippen molar-refractivity contribution >= 4 is 11.7 Å². The minimum absolute atomic E-state index is 0.0243. The van der Waals surface area contributed by atoms with Crippen LogP contribution in [0.1, 0.15) is 37.0 Å². The van der Waals surface area contributed by atoms with E-state index in [4.69, 9.17) is 0 Å². The van der Waals surface area contributed by atoms with Crippen LogP contribution in [0.3, 0.4) is 0 Å². The number of nitrogens with one attached hydrogen (secondary N) is 2. The highest BCUT2D eigenvalue weighted by Crippen LogP contribution is 2.14. The first-order valence-corrected chi connectivity index (χ1v) is 5.77. The molecule has 5 heteroatoms. The second-order valence-corrected chi connectivity index (χ2v) is 3.76. The van der Waals surface area contributed by atoms with Gasteiger partial charge in [-0.1, -0.05) is 13.8 Å². The van der Waals surface area contributed by atoms with Gasteiger partial charge in [-0.25, -0.2) is 9.37 Å². The third-order valence-electron chi connectivity index (χ3n) is 2.69.